The van der Waals surface area contributed by atoms with Crippen LogP contribution in [-0.4, -0.2) is 40.5 Å². The van der Waals surface area contributed by atoms with E-state index in [4.69, 9.17) is 20.1 Å². The van der Waals surface area contributed by atoms with Gasteiger partial charge in [-0.15, -0.1) is 0 Å². The number of aromatic amines is 1. The molecule has 2 N–H and O–H groups in total. The second kappa shape index (κ2) is 5.78. The van der Waals surface area contributed by atoms with Gasteiger partial charge in [0, 0.05) is 11.3 Å². The van der Waals surface area contributed by atoms with Crippen LogP contribution in [0.5, 0.6) is 5.75 Å². The van der Waals surface area contributed by atoms with E-state index in [0.29, 0.717) is 0 Å². The normalized spacial score (nSPS) is 25.2. The first-order chi connectivity index (χ1) is 9.60. The van der Waals surface area contributed by atoms with E-state index in [1.807, 2.05) is 0 Å². The fraction of sp³-hybridized carbons (Fsp3) is 0.600. The lowest BCUT2D eigenvalue weighted by atomic mass is 10.1. The molecule has 0 aliphatic carbocycles. The molecule has 10 heteroatoms. The highest BCUT2D eigenvalue weighted by Gasteiger charge is 2.35. The fourth-order valence-corrected chi connectivity index (χ4v) is 2.06. The molecule has 1 aliphatic rings. The van der Waals surface area contributed by atoms with Gasteiger partial charge in [0.15, 0.2) is 0 Å². The minimum absolute atomic E-state index is 0.0408. The lowest BCUT2D eigenvalue weighted by molar-refractivity contribution is -0.0273. The van der Waals surface area contributed by atoms with Crippen LogP contribution in [0, 0.1) is 0 Å². The lowest BCUT2D eigenvalue weighted by Gasteiger charge is -2.15. The third-order valence-electron chi connectivity index (χ3n) is 3.05. The molecule has 3 atom stereocenters. The number of aliphatic hydroxyl groups is 1. The number of aliphatic hydroxyl groups excluding tert-OH is 1. The first-order valence-electron chi connectivity index (χ1n) is 5.80. The predicted molar refractivity (Wildman–Crippen MR) is 66.4 cm³/mol. The van der Waals surface area contributed by atoms with Crippen LogP contribution in [0.3, 0.4) is 0 Å². The molecule has 1 aromatic rings. The molecule has 0 radical (unpaired) electrons. The molecule has 1 fully saturated rings. The van der Waals surface area contributed by atoms with Gasteiger partial charge in [-0.1, -0.05) is 5.11 Å². The molecule has 0 unspecified atom stereocenters. The number of nitrogens with zero attached hydrogens (tertiary/aromatic N) is 4. The number of ether oxygens (including phenoxy) is 2. The highest BCUT2D eigenvalue weighted by atomic mass is 16.5. The van der Waals surface area contributed by atoms with E-state index >= 15 is 0 Å². The molecule has 2 rings (SSSR count). The fourth-order valence-electron chi connectivity index (χ4n) is 2.06. The third kappa shape index (κ3) is 2.52. The van der Waals surface area contributed by atoms with Crippen molar-refractivity contribution in [3.63, 3.8) is 0 Å². The van der Waals surface area contributed by atoms with E-state index < -0.39 is 29.6 Å². The van der Waals surface area contributed by atoms with E-state index in [-0.39, 0.29) is 18.8 Å². The van der Waals surface area contributed by atoms with E-state index in [1.165, 1.54) is 13.3 Å². The quantitative estimate of drug-likeness (QED) is 0.435. The molecule has 1 saturated heterocycles. The van der Waals surface area contributed by atoms with Gasteiger partial charge in [-0.25, -0.2) is 4.79 Å². The second-order valence-corrected chi connectivity index (χ2v) is 4.18. The monoisotopic (exact) mass is 283 g/mol. The van der Waals surface area contributed by atoms with Crippen molar-refractivity contribution in [1.29, 1.82) is 0 Å². The first-order valence-corrected chi connectivity index (χ1v) is 5.80. The zero-order valence-electron chi connectivity index (χ0n) is 10.6. The van der Waals surface area contributed by atoms with Gasteiger partial charge in [0.05, 0.1) is 32.1 Å². The molecule has 0 saturated carbocycles. The van der Waals surface area contributed by atoms with Crippen molar-refractivity contribution in [3.05, 3.63) is 37.5 Å². The minimum Gasteiger partial charge on any atom is -0.490 e. The van der Waals surface area contributed by atoms with Gasteiger partial charge in [-0.2, -0.15) is 0 Å². The van der Waals surface area contributed by atoms with Crippen LogP contribution in [0.15, 0.2) is 20.9 Å². The Morgan fingerprint density at radius 1 is 1.70 bits per heavy atom. The topological polar surface area (TPSA) is 142 Å². The zero-order valence-corrected chi connectivity index (χ0v) is 10.6. The van der Waals surface area contributed by atoms with Gasteiger partial charge >= 0.3 is 5.69 Å². The molecule has 20 heavy (non-hydrogen) atoms. The zero-order chi connectivity index (χ0) is 14.7. The summed E-state index contributed by atoms with van der Waals surface area (Å²) in [7, 11) is 1.30. The van der Waals surface area contributed by atoms with E-state index in [1.54, 1.807) is 0 Å². The summed E-state index contributed by atoms with van der Waals surface area (Å²) in [6, 6.07) is -0.583. The maximum Gasteiger partial charge on any atom is 0.330 e. The van der Waals surface area contributed by atoms with E-state index in [0.717, 1.165) is 4.57 Å². The van der Waals surface area contributed by atoms with Crippen molar-refractivity contribution in [2.24, 2.45) is 5.11 Å². The van der Waals surface area contributed by atoms with Crippen LogP contribution in [-0.2, 0) is 4.74 Å². The highest BCUT2D eigenvalue weighted by molar-refractivity contribution is 5.12. The van der Waals surface area contributed by atoms with Crippen LogP contribution >= 0.6 is 0 Å². The minimum atomic E-state index is -0.749. The maximum absolute atomic E-state index is 11.8. The Kier molecular flexibility index (Phi) is 4.08. The summed E-state index contributed by atoms with van der Waals surface area (Å²) in [6.07, 6.45) is -0.00928. The first kappa shape index (κ1) is 14.1. The second-order valence-electron chi connectivity index (χ2n) is 4.18. The number of hydrogen-bond acceptors (Lipinski definition) is 6. The molecule has 2 heterocycles. The van der Waals surface area contributed by atoms with E-state index in [9.17, 15) is 9.59 Å². The van der Waals surface area contributed by atoms with Gasteiger partial charge in [0.2, 0.25) is 5.75 Å². The molecule has 108 valence electrons. The molecule has 0 bridgehead atoms. The van der Waals surface area contributed by atoms with Crippen LogP contribution in [0.25, 0.3) is 10.4 Å². The Hall–Kier alpha value is -2.29. The SMILES string of the molecule is COc1cn([C@H]2C[C@H](N=[N+]=[N-])[C@@H](CO)O2)c(=O)[nH]c1=O. The van der Waals surface area contributed by atoms with Gasteiger partial charge in [0.1, 0.15) is 6.23 Å². The highest BCUT2D eigenvalue weighted by Crippen LogP contribution is 2.30. The average Bonchev–Trinajstić information content (AvgIpc) is 2.82. The molecular formula is C10H13N5O5. The van der Waals surface area contributed by atoms with Crippen molar-refractivity contribution in [3.8, 4) is 5.75 Å². The number of hydrogen-bond donors (Lipinski definition) is 2. The molecule has 0 spiro atoms. The molecule has 0 amide bonds. The van der Waals surface area contributed by atoms with Gasteiger partial charge < -0.3 is 14.6 Å². The number of methoxy groups -OCH3 is 1. The van der Waals surface area contributed by atoms with Crippen molar-refractivity contribution in [2.45, 2.75) is 24.8 Å². The van der Waals surface area contributed by atoms with Crippen molar-refractivity contribution < 1.29 is 14.6 Å². The summed E-state index contributed by atoms with van der Waals surface area (Å²) in [4.78, 5) is 27.9. The van der Waals surface area contributed by atoms with Crippen LogP contribution in [0.2, 0.25) is 0 Å². The van der Waals surface area contributed by atoms with Gasteiger partial charge in [-0.05, 0) is 5.53 Å². The van der Waals surface area contributed by atoms with Crippen LogP contribution in [0.1, 0.15) is 12.6 Å². The Bertz CT molecular complexity index is 646. The van der Waals surface area contributed by atoms with Crippen LogP contribution in [0.4, 0.5) is 0 Å². The third-order valence-corrected chi connectivity index (χ3v) is 3.05. The Balaban J connectivity index is 2.36. The number of nitrogens with one attached hydrogen (secondary N) is 1. The lowest BCUT2D eigenvalue weighted by Crippen LogP contribution is -2.32. The molecular weight excluding hydrogens is 270 g/mol. The average molecular weight is 283 g/mol. The largest absolute Gasteiger partial charge is 0.490 e. The van der Waals surface area contributed by atoms with E-state index in [2.05, 4.69) is 15.0 Å². The molecule has 10 nitrogen and oxygen atoms in total. The molecule has 0 aromatic carbocycles. The number of azide groups is 1. The summed E-state index contributed by atoms with van der Waals surface area (Å²) >= 11 is 0. The van der Waals surface area contributed by atoms with Crippen molar-refractivity contribution in [2.75, 3.05) is 13.7 Å². The van der Waals surface area contributed by atoms with Crippen molar-refractivity contribution in [1.82, 2.24) is 9.55 Å². The summed E-state index contributed by atoms with van der Waals surface area (Å²) in [6.45, 7) is -0.338. The summed E-state index contributed by atoms with van der Waals surface area (Å²) < 4.78 is 11.4. The Labute approximate surface area is 112 Å². The number of rotatable bonds is 4. The predicted octanol–water partition coefficient (Wildman–Crippen LogP) is -0.496. The number of H-pyrrole nitrogens is 1. The Morgan fingerprint density at radius 2 is 2.45 bits per heavy atom. The van der Waals surface area contributed by atoms with Crippen LogP contribution < -0.4 is 16.0 Å². The number of aromatic nitrogens is 2. The standard InChI is InChI=1S/C10H13N5O5/c1-19-6-3-15(10(18)12-9(6)17)8-2-5(13-14-11)7(4-16)20-8/h3,5,7-8,16H,2,4H2,1H3,(H,12,17,18)/t5-,7+,8+/m0/s1. The summed E-state index contributed by atoms with van der Waals surface area (Å²) in [5.41, 5.74) is 7.15. The van der Waals surface area contributed by atoms with Gasteiger partial charge in [0.25, 0.3) is 5.56 Å². The van der Waals surface area contributed by atoms with Crippen molar-refractivity contribution >= 4 is 0 Å². The molecule has 1 aromatic heterocycles. The Morgan fingerprint density at radius 3 is 3.05 bits per heavy atom. The summed E-state index contributed by atoms with van der Waals surface area (Å²) in [5, 5.41) is 12.7. The smallest absolute Gasteiger partial charge is 0.330 e. The molecule has 1 aliphatic heterocycles. The summed E-state index contributed by atoms with van der Waals surface area (Å²) in [5.74, 6) is -0.0408. The van der Waals surface area contributed by atoms with Gasteiger partial charge in [-0.3, -0.25) is 14.3 Å². The maximum atomic E-state index is 11.8.